The molecule has 5 heteroatoms. The highest BCUT2D eigenvalue weighted by Crippen LogP contribution is 2.38. The number of carbonyl (C=O) groups is 1. The van der Waals surface area contributed by atoms with Gasteiger partial charge >= 0.3 is 0 Å². The number of nitrogens with zero attached hydrogens (tertiary/aromatic N) is 1. The Morgan fingerprint density at radius 2 is 1.95 bits per heavy atom. The van der Waals surface area contributed by atoms with Gasteiger partial charge < -0.3 is 4.90 Å². The van der Waals surface area contributed by atoms with Gasteiger partial charge in [-0.25, -0.2) is 0 Å². The molecule has 0 N–H and O–H groups in total. The molecule has 2 fully saturated rings. The fourth-order valence-corrected chi connectivity index (χ4v) is 5.46. The molecule has 1 aliphatic carbocycles. The lowest BCUT2D eigenvalue weighted by atomic mass is 9.78. The number of hydrogen-bond donors (Lipinski definition) is 0. The van der Waals surface area contributed by atoms with E-state index in [4.69, 9.17) is 0 Å². The minimum Gasteiger partial charge on any atom is -0.335 e. The quantitative estimate of drug-likeness (QED) is 0.637. The average Bonchev–Trinajstić information content (AvgIpc) is 2.77. The lowest BCUT2D eigenvalue weighted by Gasteiger charge is -2.44. The molecule has 1 aromatic heterocycles. The Hall–Kier alpha value is 0.130. The predicted molar refractivity (Wildman–Crippen MR) is 85.7 cm³/mol. The molecule has 2 nitrogen and oxygen atoms in total. The van der Waals surface area contributed by atoms with Crippen molar-refractivity contribution in [3.63, 3.8) is 0 Å². The van der Waals surface area contributed by atoms with Crippen molar-refractivity contribution in [1.29, 1.82) is 0 Å². The van der Waals surface area contributed by atoms with Crippen LogP contribution in [0, 0.1) is 5.92 Å². The molecular weight excluding hydrogens is 390 g/mol. The molecule has 1 amide bonds. The van der Waals surface area contributed by atoms with Crippen LogP contribution in [0.15, 0.2) is 14.3 Å². The minimum absolute atomic E-state index is 0.230. The molecular formula is C14H17Br2NOS. The van der Waals surface area contributed by atoms with E-state index in [9.17, 15) is 4.79 Å². The van der Waals surface area contributed by atoms with Crippen LogP contribution >= 0.6 is 43.2 Å². The molecule has 0 unspecified atom stereocenters. The summed E-state index contributed by atoms with van der Waals surface area (Å²) in [6.07, 6.45) is 7.62. The van der Waals surface area contributed by atoms with Gasteiger partial charge in [0.2, 0.25) is 0 Å². The van der Waals surface area contributed by atoms with Crippen LogP contribution in [0.2, 0.25) is 0 Å². The maximum Gasteiger partial charge on any atom is 0.264 e. The van der Waals surface area contributed by atoms with Crippen LogP contribution in [0.1, 0.15) is 48.2 Å². The third-order valence-electron chi connectivity index (χ3n) is 4.36. The number of thiophene rings is 1. The smallest absolute Gasteiger partial charge is 0.264 e. The lowest BCUT2D eigenvalue weighted by Crippen LogP contribution is -2.49. The molecule has 2 heterocycles. The van der Waals surface area contributed by atoms with Crippen molar-refractivity contribution >= 4 is 49.1 Å². The topological polar surface area (TPSA) is 20.3 Å². The van der Waals surface area contributed by atoms with Crippen LogP contribution in [0.25, 0.3) is 0 Å². The van der Waals surface area contributed by atoms with Crippen LogP contribution in [0.5, 0.6) is 0 Å². The molecule has 104 valence electrons. The molecule has 0 aromatic carbocycles. The van der Waals surface area contributed by atoms with Crippen molar-refractivity contribution in [2.24, 2.45) is 5.92 Å². The second-order valence-electron chi connectivity index (χ2n) is 5.48. The number of halogens is 2. The molecule has 0 spiro atoms. The Labute approximate surface area is 134 Å². The van der Waals surface area contributed by atoms with Crippen molar-refractivity contribution in [2.75, 3.05) is 6.54 Å². The van der Waals surface area contributed by atoms with Gasteiger partial charge in [-0.2, -0.15) is 0 Å². The maximum absolute atomic E-state index is 12.7. The second kappa shape index (κ2) is 5.86. The summed E-state index contributed by atoms with van der Waals surface area (Å²) in [5.74, 6) is 0.978. The van der Waals surface area contributed by atoms with Crippen molar-refractivity contribution < 1.29 is 4.79 Å². The summed E-state index contributed by atoms with van der Waals surface area (Å²) in [7, 11) is 0. The first-order valence-electron chi connectivity index (χ1n) is 6.92. The Morgan fingerprint density at radius 1 is 1.21 bits per heavy atom. The van der Waals surface area contributed by atoms with Gasteiger partial charge in [0.15, 0.2) is 0 Å². The van der Waals surface area contributed by atoms with Gasteiger partial charge in [0, 0.05) is 17.1 Å². The predicted octanol–water partition coefficient (Wildman–Crippen LogP) is 5.07. The summed E-state index contributed by atoms with van der Waals surface area (Å²) in [6, 6.07) is 2.44. The standard InChI is InChI=1S/C14H17Br2NOS/c15-10-8-12(19-13(10)16)14(18)17-7-3-5-9-4-1-2-6-11(9)17/h8-9,11H,1-7H2/t9-,11+/m0/s1. The highest BCUT2D eigenvalue weighted by Gasteiger charge is 2.36. The van der Waals surface area contributed by atoms with Gasteiger partial charge in [-0.15, -0.1) is 11.3 Å². The van der Waals surface area contributed by atoms with Gasteiger partial charge in [0.1, 0.15) is 0 Å². The zero-order valence-electron chi connectivity index (χ0n) is 10.7. The van der Waals surface area contributed by atoms with E-state index in [1.54, 1.807) is 0 Å². The molecule has 1 aliphatic heterocycles. The van der Waals surface area contributed by atoms with E-state index in [0.29, 0.717) is 6.04 Å². The number of amides is 1. The summed E-state index contributed by atoms with van der Waals surface area (Å²) in [5.41, 5.74) is 0. The van der Waals surface area contributed by atoms with E-state index in [0.717, 1.165) is 25.6 Å². The Balaban J connectivity index is 1.81. The van der Waals surface area contributed by atoms with Gasteiger partial charge in [0.25, 0.3) is 5.91 Å². The van der Waals surface area contributed by atoms with Crippen molar-refractivity contribution in [3.8, 4) is 0 Å². The number of piperidine rings is 1. The lowest BCUT2D eigenvalue weighted by molar-refractivity contribution is 0.0395. The minimum atomic E-state index is 0.230. The summed E-state index contributed by atoms with van der Waals surface area (Å²) < 4.78 is 1.99. The van der Waals surface area contributed by atoms with Crippen LogP contribution in [-0.2, 0) is 0 Å². The van der Waals surface area contributed by atoms with Crippen LogP contribution in [0.4, 0.5) is 0 Å². The van der Waals surface area contributed by atoms with Crippen LogP contribution in [-0.4, -0.2) is 23.4 Å². The second-order valence-corrected chi connectivity index (χ2v) is 8.71. The third-order valence-corrected chi connectivity index (χ3v) is 7.60. The molecule has 2 atom stereocenters. The number of rotatable bonds is 1. The maximum atomic E-state index is 12.7. The molecule has 0 bridgehead atoms. The van der Waals surface area contributed by atoms with E-state index in [2.05, 4.69) is 36.8 Å². The number of likely N-dealkylation sites (tertiary alicyclic amines) is 1. The Bertz CT molecular complexity index is 466. The van der Waals surface area contributed by atoms with E-state index in [1.165, 1.54) is 49.9 Å². The molecule has 3 rings (SSSR count). The average molecular weight is 407 g/mol. The van der Waals surface area contributed by atoms with Gasteiger partial charge in [0.05, 0.1) is 8.66 Å². The highest BCUT2D eigenvalue weighted by molar-refractivity contribution is 9.13. The molecule has 19 heavy (non-hydrogen) atoms. The number of carbonyl (C=O) groups excluding carboxylic acids is 1. The fraction of sp³-hybridized carbons (Fsp3) is 0.643. The van der Waals surface area contributed by atoms with Gasteiger partial charge in [-0.05, 0) is 69.5 Å². The van der Waals surface area contributed by atoms with Crippen molar-refractivity contribution in [2.45, 2.75) is 44.6 Å². The van der Waals surface area contributed by atoms with E-state index < -0.39 is 0 Å². The monoisotopic (exact) mass is 405 g/mol. The number of fused-ring (bicyclic) bond motifs is 1. The number of hydrogen-bond acceptors (Lipinski definition) is 2. The normalized spacial score (nSPS) is 27.2. The van der Waals surface area contributed by atoms with E-state index in [1.807, 2.05) is 6.07 Å². The molecule has 1 saturated heterocycles. The molecule has 1 aromatic rings. The summed E-state index contributed by atoms with van der Waals surface area (Å²) >= 11 is 8.48. The first-order chi connectivity index (χ1) is 9.16. The Morgan fingerprint density at radius 3 is 2.68 bits per heavy atom. The van der Waals surface area contributed by atoms with Crippen molar-refractivity contribution in [3.05, 3.63) is 19.2 Å². The third kappa shape index (κ3) is 2.79. The van der Waals surface area contributed by atoms with Gasteiger partial charge in [-0.3, -0.25) is 4.79 Å². The van der Waals surface area contributed by atoms with Gasteiger partial charge in [-0.1, -0.05) is 12.8 Å². The van der Waals surface area contributed by atoms with E-state index >= 15 is 0 Å². The highest BCUT2D eigenvalue weighted by atomic mass is 79.9. The molecule has 2 aliphatic rings. The molecule has 0 radical (unpaired) electrons. The largest absolute Gasteiger partial charge is 0.335 e. The summed E-state index contributed by atoms with van der Waals surface area (Å²) in [5, 5.41) is 0. The SMILES string of the molecule is O=C(c1cc(Br)c(Br)s1)N1CCC[C@@H]2CCCC[C@H]21. The van der Waals surface area contributed by atoms with Crippen LogP contribution in [0.3, 0.4) is 0 Å². The molecule has 1 saturated carbocycles. The summed E-state index contributed by atoms with van der Waals surface area (Å²) in [6.45, 7) is 0.938. The first-order valence-corrected chi connectivity index (χ1v) is 9.33. The Kier molecular flexibility index (Phi) is 4.34. The van der Waals surface area contributed by atoms with Crippen LogP contribution < -0.4 is 0 Å². The van der Waals surface area contributed by atoms with Crippen molar-refractivity contribution in [1.82, 2.24) is 4.90 Å². The zero-order valence-corrected chi connectivity index (χ0v) is 14.7. The zero-order chi connectivity index (χ0) is 13.4. The van der Waals surface area contributed by atoms with E-state index in [-0.39, 0.29) is 5.91 Å². The first kappa shape index (κ1) is 14.1. The fourth-order valence-electron chi connectivity index (χ4n) is 3.47. The summed E-state index contributed by atoms with van der Waals surface area (Å²) in [4.78, 5) is 15.7.